The minimum Gasteiger partial charge on any atom is -0.466 e. The zero-order valence-corrected chi connectivity index (χ0v) is 23.3. The SMILES string of the molecule is CCCCCCCCCCCCCCCCCCCCOC(=O)CCC(=O)OC(CC)C(C)C. The van der Waals surface area contributed by atoms with E-state index in [1.165, 1.54) is 103 Å². The van der Waals surface area contributed by atoms with E-state index in [9.17, 15) is 9.59 Å². The quantitative estimate of drug-likeness (QED) is 0.0960. The number of carbonyl (C=O) groups excluding carboxylic acids is 2. The van der Waals surface area contributed by atoms with Gasteiger partial charge in [0.05, 0.1) is 19.4 Å². The van der Waals surface area contributed by atoms with Crippen molar-refractivity contribution in [3.05, 3.63) is 0 Å². The van der Waals surface area contributed by atoms with E-state index in [2.05, 4.69) is 6.92 Å². The Morgan fingerprint density at radius 1 is 0.559 bits per heavy atom. The molecule has 0 aliphatic rings. The van der Waals surface area contributed by atoms with Crippen molar-refractivity contribution in [2.75, 3.05) is 6.61 Å². The summed E-state index contributed by atoms with van der Waals surface area (Å²) < 4.78 is 10.7. The highest BCUT2D eigenvalue weighted by atomic mass is 16.5. The second kappa shape index (κ2) is 25.0. The molecule has 0 amide bonds. The largest absolute Gasteiger partial charge is 0.466 e. The Hall–Kier alpha value is -1.06. The van der Waals surface area contributed by atoms with Crippen LogP contribution in [0.3, 0.4) is 0 Å². The van der Waals surface area contributed by atoms with E-state index in [0.717, 1.165) is 19.3 Å². The van der Waals surface area contributed by atoms with Gasteiger partial charge in [-0.3, -0.25) is 9.59 Å². The second-order valence-corrected chi connectivity index (χ2v) is 10.4. The second-order valence-electron chi connectivity index (χ2n) is 10.4. The topological polar surface area (TPSA) is 52.6 Å². The van der Waals surface area contributed by atoms with E-state index in [1.54, 1.807) is 0 Å². The summed E-state index contributed by atoms with van der Waals surface area (Å²) in [6, 6.07) is 0. The van der Waals surface area contributed by atoms with E-state index in [-0.39, 0.29) is 30.9 Å². The Balaban J connectivity index is 3.31. The van der Waals surface area contributed by atoms with Gasteiger partial charge in [0.2, 0.25) is 0 Å². The van der Waals surface area contributed by atoms with Gasteiger partial charge in [-0.25, -0.2) is 0 Å². The third kappa shape index (κ3) is 22.7. The molecule has 0 rings (SSSR count). The van der Waals surface area contributed by atoms with Crippen LogP contribution in [0.1, 0.15) is 163 Å². The van der Waals surface area contributed by atoms with Crippen molar-refractivity contribution < 1.29 is 19.1 Å². The summed E-state index contributed by atoms with van der Waals surface area (Å²) in [7, 11) is 0. The molecule has 0 saturated heterocycles. The van der Waals surface area contributed by atoms with Crippen LogP contribution in [-0.2, 0) is 19.1 Å². The first kappa shape index (κ1) is 32.9. The standard InChI is InChI=1S/C30H58O4/c1-5-7-8-9-10-11-12-13-14-15-16-17-18-19-20-21-22-23-26-33-29(31)24-25-30(32)34-28(6-2)27(3)4/h27-28H,5-26H2,1-4H3. The van der Waals surface area contributed by atoms with Crippen LogP contribution < -0.4 is 0 Å². The van der Waals surface area contributed by atoms with Crippen LogP contribution in [0.4, 0.5) is 0 Å². The molecule has 0 heterocycles. The summed E-state index contributed by atoms with van der Waals surface area (Å²) in [4.78, 5) is 23.6. The summed E-state index contributed by atoms with van der Waals surface area (Å²) in [5.74, 6) is -0.294. The minimum absolute atomic E-state index is 0.0664. The Morgan fingerprint density at radius 3 is 1.32 bits per heavy atom. The van der Waals surface area contributed by atoms with E-state index in [1.807, 2.05) is 20.8 Å². The number of hydrogen-bond acceptors (Lipinski definition) is 4. The molecule has 0 aromatic rings. The normalized spacial score (nSPS) is 12.1. The molecule has 4 heteroatoms. The minimum atomic E-state index is -0.300. The lowest BCUT2D eigenvalue weighted by atomic mass is 10.0. The van der Waals surface area contributed by atoms with Crippen molar-refractivity contribution in [1.29, 1.82) is 0 Å². The summed E-state index contributed by atoms with van der Waals surface area (Å²) in [6.45, 7) is 8.83. The van der Waals surface area contributed by atoms with Crippen LogP contribution in [0, 0.1) is 5.92 Å². The fraction of sp³-hybridized carbons (Fsp3) is 0.933. The average Bonchev–Trinajstić information content (AvgIpc) is 2.82. The fourth-order valence-electron chi connectivity index (χ4n) is 4.38. The van der Waals surface area contributed by atoms with Gasteiger partial charge in [0.1, 0.15) is 6.10 Å². The van der Waals surface area contributed by atoms with Gasteiger partial charge < -0.3 is 9.47 Å². The predicted octanol–water partition coefficient (Wildman–Crippen LogP) is 9.33. The predicted molar refractivity (Wildman–Crippen MR) is 144 cm³/mol. The van der Waals surface area contributed by atoms with Gasteiger partial charge in [-0.1, -0.05) is 137 Å². The number of unbranched alkanes of at least 4 members (excludes halogenated alkanes) is 17. The van der Waals surface area contributed by atoms with Crippen LogP contribution in [0.2, 0.25) is 0 Å². The number of ether oxygens (including phenoxy) is 2. The number of rotatable bonds is 25. The maximum Gasteiger partial charge on any atom is 0.306 e. The molecule has 0 aliphatic heterocycles. The lowest BCUT2D eigenvalue weighted by molar-refractivity contribution is -0.155. The van der Waals surface area contributed by atoms with Gasteiger partial charge >= 0.3 is 11.9 Å². The van der Waals surface area contributed by atoms with E-state index >= 15 is 0 Å². The van der Waals surface area contributed by atoms with Gasteiger partial charge in [0.25, 0.3) is 0 Å². The molecule has 0 aliphatic carbocycles. The molecule has 1 atom stereocenters. The number of esters is 2. The van der Waals surface area contributed by atoms with Gasteiger partial charge in [-0.15, -0.1) is 0 Å². The summed E-state index contributed by atoms with van der Waals surface area (Å²) in [6.07, 6.45) is 25.2. The van der Waals surface area contributed by atoms with Crippen LogP contribution in [0.15, 0.2) is 0 Å². The molecule has 34 heavy (non-hydrogen) atoms. The van der Waals surface area contributed by atoms with Crippen LogP contribution in [-0.4, -0.2) is 24.6 Å². The van der Waals surface area contributed by atoms with E-state index in [0.29, 0.717) is 12.5 Å². The van der Waals surface area contributed by atoms with E-state index < -0.39 is 0 Å². The van der Waals surface area contributed by atoms with Crippen molar-refractivity contribution in [1.82, 2.24) is 0 Å². The molecule has 4 nitrogen and oxygen atoms in total. The van der Waals surface area contributed by atoms with Gasteiger partial charge in [0, 0.05) is 0 Å². The molecule has 0 bridgehead atoms. The molecular formula is C30H58O4. The average molecular weight is 483 g/mol. The van der Waals surface area contributed by atoms with Crippen molar-refractivity contribution in [2.24, 2.45) is 5.92 Å². The first-order valence-electron chi connectivity index (χ1n) is 14.9. The molecule has 0 spiro atoms. The maximum atomic E-state index is 11.8. The molecular weight excluding hydrogens is 424 g/mol. The van der Waals surface area contributed by atoms with Crippen molar-refractivity contribution in [3.63, 3.8) is 0 Å². The van der Waals surface area contributed by atoms with Crippen LogP contribution in [0.25, 0.3) is 0 Å². The van der Waals surface area contributed by atoms with E-state index in [4.69, 9.17) is 9.47 Å². The Bertz CT molecular complexity index is 461. The third-order valence-electron chi connectivity index (χ3n) is 6.72. The van der Waals surface area contributed by atoms with Gasteiger partial charge in [0.15, 0.2) is 0 Å². The number of carbonyl (C=O) groups is 2. The summed E-state index contributed by atoms with van der Waals surface area (Å²) in [5.41, 5.74) is 0. The van der Waals surface area contributed by atoms with Crippen LogP contribution >= 0.6 is 0 Å². The molecule has 0 N–H and O–H groups in total. The zero-order valence-electron chi connectivity index (χ0n) is 23.3. The Kier molecular flexibility index (Phi) is 24.3. The molecule has 202 valence electrons. The molecule has 0 aromatic heterocycles. The highest BCUT2D eigenvalue weighted by molar-refractivity contribution is 5.77. The fourth-order valence-corrected chi connectivity index (χ4v) is 4.38. The summed E-state index contributed by atoms with van der Waals surface area (Å²) in [5, 5.41) is 0. The first-order chi connectivity index (χ1) is 16.5. The maximum absolute atomic E-state index is 11.8. The lowest BCUT2D eigenvalue weighted by Crippen LogP contribution is -2.23. The van der Waals surface area contributed by atoms with Crippen molar-refractivity contribution in [2.45, 2.75) is 169 Å². The van der Waals surface area contributed by atoms with Gasteiger partial charge in [-0.05, 0) is 18.8 Å². The smallest absolute Gasteiger partial charge is 0.306 e. The van der Waals surface area contributed by atoms with Crippen molar-refractivity contribution in [3.8, 4) is 0 Å². The zero-order chi connectivity index (χ0) is 25.3. The highest BCUT2D eigenvalue weighted by Crippen LogP contribution is 2.15. The molecule has 0 radical (unpaired) electrons. The molecule has 0 fully saturated rings. The summed E-state index contributed by atoms with van der Waals surface area (Å²) >= 11 is 0. The van der Waals surface area contributed by atoms with Gasteiger partial charge in [-0.2, -0.15) is 0 Å². The third-order valence-corrected chi connectivity index (χ3v) is 6.72. The monoisotopic (exact) mass is 482 g/mol. The highest BCUT2D eigenvalue weighted by Gasteiger charge is 2.17. The Labute approximate surface area is 212 Å². The van der Waals surface area contributed by atoms with Crippen LogP contribution in [0.5, 0.6) is 0 Å². The first-order valence-corrected chi connectivity index (χ1v) is 14.9. The van der Waals surface area contributed by atoms with Crippen molar-refractivity contribution >= 4 is 11.9 Å². The lowest BCUT2D eigenvalue weighted by Gasteiger charge is -2.19. The molecule has 0 aromatic carbocycles. The molecule has 1 unspecified atom stereocenters. The molecule has 0 saturated carbocycles. The Morgan fingerprint density at radius 2 is 0.941 bits per heavy atom. The number of hydrogen-bond donors (Lipinski definition) is 0.